The number of hydrogen-bond donors (Lipinski definition) is 1. The molecule has 1 unspecified atom stereocenters. The summed E-state index contributed by atoms with van der Waals surface area (Å²) in [5.74, 6) is 0.470. The lowest BCUT2D eigenvalue weighted by atomic mass is 9.95. The second-order valence-electron chi connectivity index (χ2n) is 4.61. The summed E-state index contributed by atoms with van der Waals surface area (Å²) in [5, 5.41) is 5.36. The highest BCUT2D eigenvalue weighted by molar-refractivity contribution is 7.11. The number of aryl methyl sites for hydroxylation is 1. The number of rotatable bonds is 6. The van der Waals surface area contributed by atoms with Gasteiger partial charge in [-0.15, -0.1) is 11.3 Å². The zero-order valence-electron chi connectivity index (χ0n) is 11.3. The summed E-state index contributed by atoms with van der Waals surface area (Å²) >= 11 is 7.74. The van der Waals surface area contributed by atoms with E-state index in [0.717, 1.165) is 29.5 Å². The highest BCUT2D eigenvalue weighted by Crippen LogP contribution is 2.24. The second-order valence-corrected chi connectivity index (χ2v) is 6.36. The third-order valence-electron chi connectivity index (χ3n) is 3.10. The van der Waals surface area contributed by atoms with Gasteiger partial charge in [-0.05, 0) is 37.6 Å². The molecule has 0 bridgehead atoms. The summed E-state index contributed by atoms with van der Waals surface area (Å²) in [6.07, 6.45) is 3.02. The standard InChI is InChI=1S/C15H19ClN2S/c1-3-17-9-13(8-15-10-18-11(2)19-15)12-4-6-14(16)7-5-12/h4-7,10,13,17H,3,8-9H2,1-2H3. The molecule has 0 aliphatic rings. The Morgan fingerprint density at radius 3 is 2.63 bits per heavy atom. The van der Waals surface area contributed by atoms with Crippen LogP contribution in [-0.2, 0) is 6.42 Å². The number of likely N-dealkylation sites (N-methyl/N-ethyl adjacent to an activating group) is 1. The average molecular weight is 295 g/mol. The lowest BCUT2D eigenvalue weighted by molar-refractivity contribution is 0.598. The molecule has 1 N–H and O–H groups in total. The molecule has 4 heteroatoms. The maximum atomic E-state index is 5.96. The first-order chi connectivity index (χ1) is 9.19. The van der Waals surface area contributed by atoms with E-state index in [4.69, 9.17) is 11.6 Å². The number of nitrogens with zero attached hydrogens (tertiary/aromatic N) is 1. The summed E-state index contributed by atoms with van der Waals surface area (Å²) in [6.45, 7) is 6.16. The predicted octanol–water partition coefficient (Wildman–Crippen LogP) is 4.04. The van der Waals surface area contributed by atoms with Gasteiger partial charge in [0.1, 0.15) is 0 Å². The van der Waals surface area contributed by atoms with Crippen LogP contribution < -0.4 is 5.32 Å². The minimum atomic E-state index is 0.470. The van der Waals surface area contributed by atoms with E-state index in [1.54, 1.807) is 11.3 Å². The summed E-state index contributed by atoms with van der Waals surface area (Å²) in [6, 6.07) is 8.18. The van der Waals surface area contributed by atoms with Gasteiger partial charge in [-0.2, -0.15) is 0 Å². The van der Waals surface area contributed by atoms with Crippen molar-refractivity contribution in [2.24, 2.45) is 0 Å². The van der Waals surface area contributed by atoms with Crippen molar-refractivity contribution in [3.05, 3.63) is 50.9 Å². The van der Waals surface area contributed by atoms with Crippen molar-refractivity contribution in [1.82, 2.24) is 10.3 Å². The number of benzene rings is 1. The molecule has 1 aromatic carbocycles. The fourth-order valence-corrected chi connectivity index (χ4v) is 3.10. The molecule has 102 valence electrons. The van der Waals surface area contributed by atoms with Gasteiger partial charge in [-0.25, -0.2) is 4.98 Å². The van der Waals surface area contributed by atoms with E-state index in [9.17, 15) is 0 Å². The van der Waals surface area contributed by atoms with Crippen molar-refractivity contribution in [3.63, 3.8) is 0 Å². The predicted molar refractivity (Wildman–Crippen MR) is 83.3 cm³/mol. The van der Waals surface area contributed by atoms with Gasteiger partial charge in [-0.3, -0.25) is 0 Å². The van der Waals surface area contributed by atoms with E-state index in [0.29, 0.717) is 5.92 Å². The number of halogens is 1. The van der Waals surface area contributed by atoms with Crippen LogP contribution in [0, 0.1) is 6.92 Å². The van der Waals surface area contributed by atoms with Crippen molar-refractivity contribution < 1.29 is 0 Å². The van der Waals surface area contributed by atoms with Crippen molar-refractivity contribution in [1.29, 1.82) is 0 Å². The van der Waals surface area contributed by atoms with Crippen LogP contribution in [0.5, 0.6) is 0 Å². The summed E-state index contributed by atoms with van der Waals surface area (Å²) in [4.78, 5) is 5.68. The topological polar surface area (TPSA) is 24.9 Å². The Morgan fingerprint density at radius 1 is 1.32 bits per heavy atom. The van der Waals surface area contributed by atoms with E-state index in [-0.39, 0.29) is 0 Å². The second kappa shape index (κ2) is 7.04. The summed E-state index contributed by atoms with van der Waals surface area (Å²) in [7, 11) is 0. The molecule has 0 aliphatic heterocycles. The molecule has 1 heterocycles. The molecule has 0 aliphatic carbocycles. The zero-order chi connectivity index (χ0) is 13.7. The van der Waals surface area contributed by atoms with Crippen LogP contribution in [0.25, 0.3) is 0 Å². The van der Waals surface area contributed by atoms with E-state index in [1.165, 1.54) is 10.4 Å². The highest BCUT2D eigenvalue weighted by atomic mass is 35.5. The first kappa shape index (κ1) is 14.5. The Balaban J connectivity index is 2.13. The van der Waals surface area contributed by atoms with Crippen molar-refractivity contribution in [2.45, 2.75) is 26.2 Å². The fraction of sp³-hybridized carbons (Fsp3) is 0.400. The molecule has 1 atom stereocenters. The molecule has 0 saturated carbocycles. The Kier molecular flexibility index (Phi) is 5.37. The molecular formula is C15H19ClN2S. The molecule has 0 amide bonds. The Hall–Kier alpha value is -0.900. The number of nitrogens with one attached hydrogen (secondary N) is 1. The molecule has 0 radical (unpaired) electrons. The van der Waals surface area contributed by atoms with E-state index < -0.39 is 0 Å². The molecule has 2 aromatic rings. The fourth-order valence-electron chi connectivity index (χ4n) is 2.10. The lowest BCUT2D eigenvalue weighted by Gasteiger charge is -2.17. The SMILES string of the molecule is CCNCC(Cc1cnc(C)s1)c1ccc(Cl)cc1. The summed E-state index contributed by atoms with van der Waals surface area (Å²) in [5.41, 5.74) is 1.33. The van der Waals surface area contributed by atoms with Gasteiger partial charge in [0.2, 0.25) is 0 Å². The smallest absolute Gasteiger partial charge is 0.0896 e. The van der Waals surface area contributed by atoms with Crippen LogP contribution in [0.15, 0.2) is 30.5 Å². The first-order valence-corrected chi connectivity index (χ1v) is 7.76. The normalized spacial score (nSPS) is 12.6. The van der Waals surface area contributed by atoms with Crippen molar-refractivity contribution in [3.8, 4) is 0 Å². The molecule has 19 heavy (non-hydrogen) atoms. The van der Waals surface area contributed by atoms with Gasteiger partial charge < -0.3 is 5.32 Å². The maximum absolute atomic E-state index is 5.96. The number of thiazole rings is 1. The third kappa shape index (κ3) is 4.30. The largest absolute Gasteiger partial charge is 0.316 e. The number of hydrogen-bond acceptors (Lipinski definition) is 3. The molecule has 0 saturated heterocycles. The van der Waals surface area contributed by atoms with Gasteiger partial charge in [0.25, 0.3) is 0 Å². The Morgan fingerprint density at radius 2 is 2.05 bits per heavy atom. The van der Waals surface area contributed by atoms with Crippen LogP contribution in [0.4, 0.5) is 0 Å². The van der Waals surface area contributed by atoms with Gasteiger partial charge >= 0.3 is 0 Å². The zero-order valence-corrected chi connectivity index (χ0v) is 12.9. The monoisotopic (exact) mass is 294 g/mol. The maximum Gasteiger partial charge on any atom is 0.0896 e. The van der Waals surface area contributed by atoms with Gasteiger partial charge in [0.05, 0.1) is 5.01 Å². The Bertz CT molecular complexity index is 507. The summed E-state index contributed by atoms with van der Waals surface area (Å²) < 4.78 is 0. The molecule has 2 rings (SSSR count). The Labute approximate surface area is 123 Å². The van der Waals surface area contributed by atoms with Crippen LogP contribution >= 0.6 is 22.9 Å². The van der Waals surface area contributed by atoms with E-state index in [1.807, 2.05) is 18.3 Å². The van der Waals surface area contributed by atoms with Gasteiger partial charge in [0, 0.05) is 28.6 Å². The van der Waals surface area contributed by atoms with Crippen LogP contribution in [0.3, 0.4) is 0 Å². The minimum absolute atomic E-state index is 0.470. The minimum Gasteiger partial charge on any atom is -0.316 e. The molecule has 0 fully saturated rings. The van der Waals surface area contributed by atoms with Crippen LogP contribution in [0.1, 0.15) is 28.3 Å². The van der Waals surface area contributed by atoms with Crippen LogP contribution in [-0.4, -0.2) is 18.1 Å². The van der Waals surface area contributed by atoms with E-state index >= 15 is 0 Å². The molecule has 0 spiro atoms. The van der Waals surface area contributed by atoms with Crippen molar-refractivity contribution in [2.75, 3.05) is 13.1 Å². The third-order valence-corrected chi connectivity index (χ3v) is 4.29. The number of aromatic nitrogens is 1. The quantitative estimate of drug-likeness (QED) is 0.870. The molecule has 2 nitrogen and oxygen atoms in total. The van der Waals surface area contributed by atoms with Gasteiger partial charge in [0.15, 0.2) is 0 Å². The lowest BCUT2D eigenvalue weighted by Crippen LogP contribution is -2.22. The van der Waals surface area contributed by atoms with Gasteiger partial charge in [-0.1, -0.05) is 30.7 Å². The molecular weight excluding hydrogens is 276 g/mol. The van der Waals surface area contributed by atoms with Crippen molar-refractivity contribution >= 4 is 22.9 Å². The van der Waals surface area contributed by atoms with E-state index in [2.05, 4.69) is 36.3 Å². The molecule has 1 aromatic heterocycles. The highest BCUT2D eigenvalue weighted by Gasteiger charge is 2.13. The average Bonchev–Trinajstić information content (AvgIpc) is 2.81. The van der Waals surface area contributed by atoms with Crippen LogP contribution in [0.2, 0.25) is 5.02 Å². The first-order valence-electron chi connectivity index (χ1n) is 6.56.